The summed E-state index contributed by atoms with van der Waals surface area (Å²) in [5.41, 5.74) is -4.65. The molecule has 0 amide bonds. The molecule has 13 heteroatoms. The minimum absolute atomic E-state index is 0.00797. The average molecular weight is 721 g/mol. The molecule has 0 spiro atoms. The van der Waals surface area contributed by atoms with Gasteiger partial charge >= 0.3 is 11.9 Å². The Bertz CT molecular complexity index is 1790. The number of benzene rings is 1. The molecule has 278 valence electrons. The van der Waals surface area contributed by atoms with E-state index >= 15 is 0 Å². The zero-order valence-electron chi connectivity index (χ0n) is 29.3. The monoisotopic (exact) mass is 720 g/mol. The lowest BCUT2D eigenvalue weighted by atomic mass is 9.55. The fraction of sp³-hybridized carbons (Fsp3) is 0.436. The van der Waals surface area contributed by atoms with E-state index in [-0.39, 0.29) is 62.2 Å². The van der Waals surface area contributed by atoms with E-state index in [1.54, 1.807) is 19.9 Å². The van der Waals surface area contributed by atoms with Gasteiger partial charge in [0.15, 0.2) is 17.2 Å². The minimum atomic E-state index is -2.87. The highest BCUT2D eigenvalue weighted by molar-refractivity contribution is 6.23. The van der Waals surface area contributed by atoms with Crippen molar-refractivity contribution in [3.63, 3.8) is 0 Å². The second-order valence-corrected chi connectivity index (χ2v) is 13.9. The molecule has 0 bridgehead atoms. The van der Waals surface area contributed by atoms with Crippen molar-refractivity contribution in [3.8, 4) is 5.75 Å². The summed E-state index contributed by atoms with van der Waals surface area (Å²) < 4.78 is 10.8. The van der Waals surface area contributed by atoms with Crippen molar-refractivity contribution in [2.24, 2.45) is 17.3 Å². The number of esters is 2. The van der Waals surface area contributed by atoms with Crippen molar-refractivity contribution in [2.75, 3.05) is 13.2 Å². The van der Waals surface area contributed by atoms with Crippen LogP contribution < -0.4 is 0 Å². The van der Waals surface area contributed by atoms with E-state index in [2.05, 4.69) is 13.2 Å². The van der Waals surface area contributed by atoms with E-state index < -0.39 is 99.0 Å². The molecule has 1 aromatic rings. The molecule has 6 unspecified atom stereocenters. The lowest BCUT2D eigenvalue weighted by Crippen LogP contribution is -2.63. The van der Waals surface area contributed by atoms with Crippen LogP contribution in [-0.2, 0) is 38.2 Å². The number of carbonyl (C=O) groups is 6. The molecule has 0 radical (unpaired) electrons. The number of ether oxygens (including phenoxy) is 2. The third kappa shape index (κ3) is 7.42. The number of phenols is 1. The van der Waals surface area contributed by atoms with Gasteiger partial charge in [-0.25, -0.2) is 0 Å². The molecular weight excluding hydrogens is 676 g/mol. The molecule has 0 aliphatic heterocycles. The molecule has 13 nitrogen and oxygen atoms in total. The molecule has 0 heterocycles. The van der Waals surface area contributed by atoms with Crippen molar-refractivity contribution in [1.82, 2.24) is 0 Å². The number of hydrogen-bond donors (Lipinski definition) is 5. The minimum Gasteiger partial charge on any atom is -0.508 e. The van der Waals surface area contributed by atoms with Gasteiger partial charge in [0.2, 0.25) is 5.78 Å². The number of fused-ring (bicyclic) bond motifs is 3. The summed E-state index contributed by atoms with van der Waals surface area (Å²) in [5, 5.41) is 56.5. The second kappa shape index (κ2) is 15.6. The standard InChI is InChI=1S/C39H44O13/c1-6-9-23(41)15-16-38(5,18-51-27(43)10-7-2)19-52-28(44)12-8-11-22-13-14-24-20(3)29-32(35(47)31(24)33(22)45)37(49)39(50)25(34(29)46)17-26(42)30(21(4)40)36(39)48/h6-8,11,13-14,20,25,29,34,45-48,50H,1-2,9-10,12,15-19H2,3-5H3/b11-8+. The second-order valence-electron chi connectivity index (χ2n) is 13.9. The SMILES string of the molecule is C=CCC(=O)CCC(C)(COC(=O)CC=C)COC(=O)C/C=C/c1ccc2c(c1O)C(O)=C1C(=O)C3(O)C(O)=C(C(C)=O)C(=O)CC3C(O)C1C2C. The molecule has 6 atom stereocenters. The molecule has 1 aromatic carbocycles. The first-order chi connectivity index (χ1) is 24.4. The first kappa shape index (κ1) is 39.6. The number of Topliss-reactive ketones (excluding diaryl/α,β-unsaturated/α-hetero) is 4. The van der Waals surface area contributed by atoms with Crippen molar-refractivity contribution in [1.29, 1.82) is 0 Å². The smallest absolute Gasteiger partial charge is 0.309 e. The normalized spacial score (nSPS) is 25.1. The van der Waals surface area contributed by atoms with E-state index in [0.29, 0.717) is 5.56 Å². The Morgan fingerprint density at radius 2 is 1.62 bits per heavy atom. The van der Waals surface area contributed by atoms with Crippen molar-refractivity contribution >= 4 is 46.9 Å². The first-order valence-electron chi connectivity index (χ1n) is 16.9. The molecule has 3 aliphatic rings. The largest absolute Gasteiger partial charge is 0.508 e. The van der Waals surface area contributed by atoms with Gasteiger partial charge in [-0.15, -0.1) is 13.2 Å². The summed E-state index contributed by atoms with van der Waals surface area (Å²) in [7, 11) is 0. The quantitative estimate of drug-likeness (QED) is 0.0981. The Balaban J connectivity index is 1.56. The molecule has 5 N–H and O–H groups in total. The van der Waals surface area contributed by atoms with Crippen molar-refractivity contribution in [2.45, 2.75) is 76.9 Å². The fourth-order valence-corrected chi connectivity index (χ4v) is 7.17. The zero-order chi connectivity index (χ0) is 38.7. The van der Waals surface area contributed by atoms with Crippen molar-refractivity contribution < 1.29 is 63.8 Å². The average Bonchev–Trinajstić information content (AvgIpc) is 3.08. The summed E-state index contributed by atoms with van der Waals surface area (Å²) in [6, 6.07) is 3.07. The predicted molar refractivity (Wildman–Crippen MR) is 187 cm³/mol. The van der Waals surface area contributed by atoms with Gasteiger partial charge in [0, 0.05) is 47.6 Å². The molecule has 4 rings (SSSR count). The van der Waals surface area contributed by atoms with Crippen LogP contribution in [0.15, 0.2) is 60.4 Å². The zero-order valence-corrected chi connectivity index (χ0v) is 29.3. The van der Waals surface area contributed by atoms with Gasteiger partial charge in [-0.2, -0.15) is 0 Å². The van der Waals surface area contributed by atoms with Gasteiger partial charge in [-0.05, 0) is 24.8 Å². The topological polar surface area (TPSA) is 222 Å². The number of ketones is 4. The van der Waals surface area contributed by atoms with E-state index in [1.165, 1.54) is 30.4 Å². The summed E-state index contributed by atoms with van der Waals surface area (Å²) in [4.78, 5) is 75.5. The van der Waals surface area contributed by atoms with Gasteiger partial charge in [0.1, 0.15) is 28.6 Å². The molecule has 0 aromatic heterocycles. The van der Waals surface area contributed by atoms with Gasteiger partial charge < -0.3 is 35.0 Å². The van der Waals surface area contributed by atoms with Crippen LogP contribution in [-0.4, -0.2) is 85.5 Å². The number of aliphatic hydroxyl groups is 4. The summed E-state index contributed by atoms with van der Waals surface area (Å²) >= 11 is 0. The van der Waals surface area contributed by atoms with Crippen LogP contribution in [0.4, 0.5) is 0 Å². The summed E-state index contributed by atoms with van der Waals surface area (Å²) in [5.74, 6) is -9.95. The number of carbonyl (C=O) groups excluding carboxylic acids is 6. The maximum atomic E-state index is 13.9. The lowest BCUT2D eigenvalue weighted by Gasteiger charge is -2.50. The number of aromatic hydroxyl groups is 1. The van der Waals surface area contributed by atoms with Crippen LogP contribution in [0, 0.1) is 17.3 Å². The Hall–Kier alpha value is -5.14. The maximum Gasteiger partial charge on any atom is 0.309 e. The number of allylic oxidation sites excluding steroid dienone is 2. The molecule has 0 saturated heterocycles. The van der Waals surface area contributed by atoms with Gasteiger partial charge in [-0.3, -0.25) is 28.8 Å². The van der Waals surface area contributed by atoms with E-state index in [1.807, 2.05) is 0 Å². The molecule has 1 saturated carbocycles. The highest BCUT2D eigenvalue weighted by Crippen LogP contribution is 2.56. The van der Waals surface area contributed by atoms with Crippen LogP contribution in [0.25, 0.3) is 11.8 Å². The number of rotatable bonds is 15. The third-order valence-corrected chi connectivity index (χ3v) is 10.1. The highest BCUT2D eigenvalue weighted by Gasteiger charge is 2.64. The van der Waals surface area contributed by atoms with Crippen LogP contribution in [0.3, 0.4) is 0 Å². The van der Waals surface area contributed by atoms with E-state index in [4.69, 9.17) is 9.47 Å². The van der Waals surface area contributed by atoms with E-state index in [9.17, 15) is 54.3 Å². The van der Waals surface area contributed by atoms with Crippen molar-refractivity contribution in [3.05, 3.63) is 77.1 Å². The van der Waals surface area contributed by atoms with Crippen LogP contribution >= 0.6 is 0 Å². The van der Waals surface area contributed by atoms with Gasteiger partial charge in [0.05, 0.1) is 37.7 Å². The fourth-order valence-electron chi connectivity index (χ4n) is 7.17. The lowest BCUT2D eigenvalue weighted by molar-refractivity contribution is -0.160. The van der Waals surface area contributed by atoms with Gasteiger partial charge in [-0.1, -0.05) is 50.3 Å². The number of phenolic OH excluding ortho intramolecular Hbond substituents is 1. The molecule has 52 heavy (non-hydrogen) atoms. The Labute approximate surface area is 300 Å². The predicted octanol–water partition coefficient (Wildman–Crippen LogP) is 4.06. The first-order valence-corrected chi connectivity index (χ1v) is 16.9. The van der Waals surface area contributed by atoms with E-state index in [0.717, 1.165) is 6.92 Å². The number of aliphatic hydroxyl groups excluding tert-OH is 3. The third-order valence-electron chi connectivity index (χ3n) is 10.1. The molecular formula is C39H44O13. The highest BCUT2D eigenvalue weighted by atomic mass is 16.5. The Morgan fingerprint density at radius 3 is 2.21 bits per heavy atom. The molecule has 3 aliphatic carbocycles. The maximum absolute atomic E-state index is 13.9. The summed E-state index contributed by atoms with van der Waals surface area (Å²) in [6.45, 7) is 11.1. The number of hydrogen-bond acceptors (Lipinski definition) is 13. The Kier molecular flexibility index (Phi) is 11.9. The van der Waals surface area contributed by atoms with Gasteiger partial charge in [0.25, 0.3) is 0 Å². The Morgan fingerprint density at radius 1 is 1.00 bits per heavy atom. The van der Waals surface area contributed by atoms with Crippen LogP contribution in [0.5, 0.6) is 5.75 Å². The summed E-state index contributed by atoms with van der Waals surface area (Å²) in [6.07, 6.45) is 3.79. The molecule has 1 fully saturated rings. The van der Waals surface area contributed by atoms with Crippen LogP contribution in [0.2, 0.25) is 0 Å². The van der Waals surface area contributed by atoms with Crippen LogP contribution in [0.1, 0.15) is 81.9 Å².